The molecule has 16 heavy (non-hydrogen) atoms. The Morgan fingerprint density at radius 2 is 2.12 bits per heavy atom. The van der Waals surface area contributed by atoms with Crippen LogP contribution in [0.15, 0.2) is 48.8 Å². The summed E-state index contributed by atoms with van der Waals surface area (Å²) in [6.07, 6.45) is 4.06. The number of rotatable bonds is 3. The summed E-state index contributed by atoms with van der Waals surface area (Å²) in [5.41, 5.74) is 7.88. The minimum atomic E-state index is -0.226. The van der Waals surface area contributed by atoms with Gasteiger partial charge in [0.2, 0.25) is 0 Å². The Morgan fingerprint density at radius 1 is 1.25 bits per heavy atom. The number of aromatic nitrogens is 1. The van der Waals surface area contributed by atoms with Crippen LogP contribution in [-0.2, 0) is 6.42 Å². The van der Waals surface area contributed by atoms with Gasteiger partial charge >= 0.3 is 0 Å². The van der Waals surface area contributed by atoms with Crippen molar-refractivity contribution in [2.24, 2.45) is 5.73 Å². The van der Waals surface area contributed by atoms with Crippen LogP contribution >= 0.6 is 0 Å². The van der Waals surface area contributed by atoms with Crippen LogP contribution in [0.25, 0.3) is 0 Å². The van der Waals surface area contributed by atoms with Crippen LogP contribution in [0.1, 0.15) is 17.2 Å². The molecule has 2 N–H and O–H groups in total. The molecule has 0 bridgehead atoms. The Bertz CT molecular complexity index is 456. The molecule has 0 amide bonds. The number of benzene rings is 1. The predicted molar refractivity (Wildman–Crippen MR) is 61.3 cm³/mol. The molecule has 0 aliphatic heterocycles. The van der Waals surface area contributed by atoms with Gasteiger partial charge in [0.25, 0.3) is 0 Å². The van der Waals surface area contributed by atoms with Gasteiger partial charge in [0.05, 0.1) is 0 Å². The molecule has 0 saturated carbocycles. The fourth-order valence-corrected chi connectivity index (χ4v) is 1.63. The number of nitrogens with two attached hydrogens (primary N) is 1. The standard InChI is InChI=1S/C13H13FN2/c14-12-5-1-3-10(7-12)8-13(15)11-4-2-6-16-9-11/h1-7,9,13H,8,15H2/t13-/m1/s1. The summed E-state index contributed by atoms with van der Waals surface area (Å²) in [7, 11) is 0. The number of halogens is 1. The Morgan fingerprint density at radius 3 is 2.81 bits per heavy atom. The van der Waals surface area contributed by atoms with Crippen molar-refractivity contribution in [2.45, 2.75) is 12.5 Å². The molecule has 1 aromatic heterocycles. The topological polar surface area (TPSA) is 38.9 Å². The molecule has 0 aliphatic rings. The van der Waals surface area contributed by atoms with E-state index in [0.29, 0.717) is 6.42 Å². The maximum Gasteiger partial charge on any atom is 0.123 e. The van der Waals surface area contributed by atoms with E-state index in [-0.39, 0.29) is 11.9 Å². The first kappa shape index (κ1) is 10.8. The molecular formula is C13H13FN2. The summed E-state index contributed by atoms with van der Waals surface area (Å²) in [5, 5.41) is 0. The first-order valence-corrected chi connectivity index (χ1v) is 5.15. The fraction of sp³-hybridized carbons (Fsp3) is 0.154. The van der Waals surface area contributed by atoms with E-state index in [9.17, 15) is 4.39 Å². The molecule has 2 aromatic rings. The summed E-state index contributed by atoms with van der Waals surface area (Å²) in [4.78, 5) is 4.01. The van der Waals surface area contributed by atoms with Crippen molar-refractivity contribution < 1.29 is 4.39 Å². The average Bonchev–Trinajstić information content (AvgIpc) is 2.30. The summed E-state index contributed by atoms with van der Waals surface area (Å²) in [6, 6.07) is 10.1. The van der Waals surface area contributed by atoms with Crippen LogP contribution < -0.4 is 5.73 Å². The lowest BCUT2D eigenvalue weighted by Gasteiger charge is -2.11. The Hall–Kier alpha value is -1.74. The quantitative estimate of drug-likeness (QED) is 0.856. The lowest BCUT2D eigenvalue weighted by atomic mass is 10.0. The molecule has 82 valence electrons. The van der Waals surface area contributed by atoms with E-state index in [1.54, 1.807) is 18.5 Å². The van der Waals surface area contributed by atoms with Crippen LogP contribution in [0, 0.1) is 5.82 Å². The number of hydrogen-bond donors (Lipinski definition) is 1. The summed E-state index contributed by atoms with van der Waals surface area (Å²) >= 11 is 0. The highest BCUT2D eigenvalue weighted by molar-refractivity contribution is 5.21. The van der Waals surface area contributed by atoms with Gasteiger partial charge in [-0.25, -0.2) is 4.39 Å². The van der Waals surface area contributed by atoms with Gasteiger partial charge in [0, 0.05) is 18.4 Å². The third-order valence-electron chi connectivity index (χ3n) is 2.46. The molecular weight excluding hydrogens is 203 g/mol. The van der Waals surface area contributed by atoms with Gasteiger partial charge in [-0.15, -0.1) is 0 Å². The van der Waals surface area contributed by atoms with E-state index in [0.717, 1.165) is 11.1 Å². The van der Waals surface area contributed by atoms with Crippen LogP contribution in [0.5, 0.6) is 0 Å². The summed E-state index contributed by atoms with van der Waals surface area (Å²) in [6.45, 7) is 0. The molecule has 0 saturated heterocycles. The largest absolute Gasteiger partial charge is 0.324 e. The Balaban J connectivity index is 2.11. The second-order valence-electron chi connectivity index (χ2n) is 3.73. The van der Waals surface area contributed by atoms with Crippen LogP contribution in [0.4, 0.5) is 4.39 Å². The zero-order valence-corrected chi connectivity index (χ0v) is 8.81. The molecule has 1 heterocycles. The molecule has 0 radical (unpaired) electrons. The normalized spacial score (nSPS) is 12.4. The molecule has 1 atom stereocenters. The van der Waals surface area contributed by atoms with Gasteiger partial charge in [-0.1, -0.05) is 18.2 Å². The molecule has 0 fully saturated rings. The predicted octanol–water partition coefficient (Wildman–Crippen LogP) is 2.46. The van der Waals surface area contributed by atoms with Crippen molar-refractivity contribution in [1.82, 2.24) is 4.98 Å². The smallest absolute Gasteiger partial charge is 0.123 e. The number of nitrogens with zero attached hydrogens (tertiary/aromatic N) is 1. The van der Waals surface area contributed by atoms with Crippen LogP contribution in [0.2, 0.25) is 0 Å². The highest BCUT2D eigenvalue weighted by atomic mass is 19.1. The molecule has 0 spiro atoms. The Labute approximate surface area is 93.9 Å². The van der Waals surface area contributed by atoms with E-state index >= 15 is 0 Å². The lowest BCUT2D eigenvalue weighted by molar-refractivity contribution is 0.622. The Kier molecular flexibility index (Phi) is 3.27. The molecule has 2 nitrogen and oxygen atoms in total. The van der Waals surface area contributed by atoms with Gasteiger partial charge in [0.1, 0.15) is 5.82 Å². The van der Waals surface area contributed by atoms with Gasteiger partial charge in [0.15, 0.2) is 0 Å². The zero-order valence-electron chi connectivity index (χ0n) is 8.81. The second-order valence-corrected chi connectivity index (χ2v) is 3.73. The van der Waals surface area contributed by atoms with Gasteiger partial charge in [-0.05, 0) is 35.7 Å². The maximum absolute atomic E-state index is 13.0. The molecule has 0 unspecified atom stereocenters. The first-order valence-electron chi connectivity index (χ1n) is 5.15. The summed E-state index contributed by atoms with van der Waals surface area (Å²) in [5.74, 6) is -0.226. The highest BCUT2D eigenvalue weighted by Crippen LogP contribution is 2.15. The van der Waals surface area contributed by atoms with E-state index in [2.05, 4.69) is 4.98 Å². The molecule has 1 aromatic carbocycles. The zero-order chi connectivity index (χ0) is 11.4. The molecule has 2 rings (SSSR count). The second kappa shape index (κ2) is 4.86. The van der Waals surface area contributed by atoms with Gasteiger partial charge in [-0.3, -0.25) is 4.98 Å². The minimum absolute atomic E-state index is 0.143. The third kappa shape index (κ3) is 2.64. The number of hydrogen-bond acceptors (Lipinski definition) is 2. The molecule has 0 aliphatic carbocycles. The number of pyridine rings is 1. The van der Waals surface area contributed by atoms with Crippen LogP contribution in [-0.4, -0.2) is 4.98 Å². The van der Waals surface area contributed by atoms with Crippen molar-refractivity contribution in [3.05, 3.63) is 65.7 Å². The lowest BCUT2D eigenvalue weighted by Crippen LogP contribution is -2.13. The van der Waals surface area contributed by atoms with Crippen molar-refractivity contribution in [2.75, 3.05) is 0 Å². The van der Waals surface area contributed by atoms with Gasteiger partial charge in [-0.2, -0.15) is 0 Å². The molecule has 3 heteroatoms. The monoisotopic (exact) mass is 216 g/mol. The van der Waals surface area contributed by atoms with Crippen molar-refractivity contribution in [3.63, 3.8) is 0 Å². The maximum atomic E-state index is 13.0. The average molecular weight is 216 g/mol. The van der Waals surface area contributed by atoms with E-state index in [1.807, 2.05) is 18.2 Å². The van der Waals surface area contributed by atoms with Crippen molar-refractivity contribution in [1.29, 1.82) is 0 Å². The third-order valence-corrected chi connectivity index (χ3v) is 2.46. The van der Waals surface area contributed by atoms with Crippen molar-refractivity contribution in [3.8, 4) is 0 Å². The van der Waals surface area contributed by atoms with E-state index < -0.39 is 0 Å². The van der Waals surface area contributed by atoms with E-state index in [4.69, 9.17) is 5.73 Å². The SMILES string of the molecule is N[C@H](Cc1cccc(F)c1)c1cccnc1. The highest BCUT2D eigenvalue weighted by Gasteiger charge is 2.07. The first-order chi connectivity index (χ1) is 7.75. The summed E-state index contributed by atoms with van der Waals surface area (Å²) < 4.78 is 13.0. The van der Waals surface area contributed by atoms with Gasteiger partial charge < -0.3 is 5.73 Å². The minimum Gasteiger partial charge on any atom is -0.324 e. The van der Waals surface area contributed by atoms with Crippen LogP contribution in [0.3, 0.4) is 0 Å². The van der Waals surface area contributed by atoms with E-state index in [1.165, 1.54) is 12.1 Å². The van der Waals surface area contributed by atoms with Crippen molar-refractivity contribution >= 4 is 0 Å². The fourth-order valence-electron chi connectivity index (χ4n) is 1.63.